The van der Waals surface area contributed by atoms with Gasteiger partial charge in [0, 0.05) is 19.8 Å². The van der Waals surface area contributed by atoms with E-state index in [1.165, 1.54) is 4.90 Å². The zero-order valence-corrected chi connectivity index (χ0v) is 19.4. The average molecular weight is 462 g/mol. The number of carbonyl (C=O) groups excluding carboxylic acids is 2. The number of anilines is 3. The third-order valence-corrected chi connectivity index (χ3v) is 6.63. The van der Waals surface area contributed by atoms with E-state index in [-0.39, 0.29) is 5.91 Å². The predicted octanol–water partition coefficient (Wildman–Crippen LogP) is 4.77. The molecule has 0 bridgehead atoms. The molecule has 0 aliphatic carbocycles. The molecule has 168 valence electrons. The third-order valence-electron chi connectivity index (χ3n) is 6.31. The highest BCUT2D eigenvalue weighted by Crippen LogP contribution is 2.49. The zero-order valence-electron chi connectivity index (χ0n) is 18.6. The monoisotopic (exact) mass is 461 g/mol. The Hall–Kier alpha value is -3.35. The van der Waals surface area contributed by atoms with Crippen molar-refractivity contribution < 1.29 is 14.4 Å². The Morgan fingerprint density at radius 3 is 2.12 bits per heavy atom. The van der Waals surface area contributed by atoms with Crippen LogP contribution in [0.5, 0.6) is 0 Å². The Kier molecular flexibility index (Phi) is 5.35. The first-order valence-corrected chi connectivity index (χ1v) is 11.2. The summed E-state index contributed by atoms with van der Waals surface area (Å²) in [6.45, 7) is 1.98. The summed E-state index contributed by atoms with van der Waals surface area (Å²) >= 11 is 6.34. The van der Waals surface area contributed by atoms with Crippen LogP contribution in [0.25, 0.3) is 0 Å². The topological polar surface area (TPSA) is 53.1 Å². The van der Waals surface area contributed by atoms with Crippen LogP contribution in [0, 0.1) is 12.8 Å². The SMILES string of the molecule is Cc1ccccc1N1OC2C(=O)N(c3ccccc3Cl)C(=O)C2C1c1ccc(N(C)C)cc1. The van der Waals surface area contributed by atoms with Crippen LogP contribution in [0.15, 0.2) is 72.8 Å². The van der Waals surface area contributed by atoms with Gasteiger partial charge in [-0.25, -0.2) is 9.96 Å². The summed E-state index contributed by atoms with van der Waals surface area (Å²) in [6.07, 6.45) is -0.924. The first-order chi connectivity index (χ1) is 15.9. The van der Waals surface area contributed by atoms with Crippen molar-refractivity contribution in [3.05, 3.63) is 88.9 Å². The maximum atomic E-state index is 13.7. The van der Waals surface area contributed by atoms with Gasteiger partial charge in [-0.1, -0.05) is 54.1 Å². The second kappa shape index (κ2) is 8.21. The minimum Gasteiger partial charge on any atom is -0.378 e. The summed E-state index contributed by atoms with van der Waals surface area (Å²) < 4.78 is 0. The second-order valence-corrected chi connectivity index (χ2v) is 8.97. The van der Waals surface area contributed by atoms with Gasteiger partial charge in [-0.3, -0.25) is 14.4 Å². The molecule has 0 spiro atoms. The van der Waals surface area contributed by atoms with Crippen molar-refractivity contribution in [1.82, 2.24) is 0 Å². The number of para-hydroxylation sites is 2. The van der Waals surface area contributed by atoms with Gasteiger partial charge in [0.05, 0.1) is 22.4 Å². The number of carbonyl (C=O) groups is 2. The van der Waals surface area contributed by atoms with E-state index in [2.05, 4.69) is 0 Å². The summed E-state index contributed by atoms with van der Waals surface area (Å²) in [6, 6.07) is 22.2. The number of nitrogens with zero attached hydrogens (tertiary/aromatic N) is 3. The van der Waals surface area contributed by atoms with Gasteiger partial charge in [0.1, 0.15) is 5.92 Å². The van der Waals surface area contributed by atoms with E-state index in [0.29, 0.717) is 10.7 Å². The molecule has 3 atom stereocenters. The van der Waals surface area contributed by atoms with E-state index >= 15 is 0 Å². The number of benzene rings is 3. The molecule has 0 radical (unpaired) electrons. The molecule has 3 unspecified atom stereocenters. The lowest BCUT2D eigenvalue weighted by Gasteiger charge is -2.30. The van der Waals surface area contributed by atoms with E-state index < -0.39 is 24.0 Å². The molecular weight excluding hydrogens is 438 g/mol. The number of fused-ring (bicyclic) bond motifs is 1. The standard InChI is InChI=1S/C26H24ClN3O3/c1-16-8-4-6-10-20(16)30-23(17-12-14-18(15-13-17)28(2)3)22-24(33-30)26(32)29(25(22)31)21-11-7-5-9-19(21)27/h4-15,22-24H,1-3H3. The van der Waals surface area contributed by atoms with Gasteiger partial charge in [0.25, 0.3) is 5.91 Å². The fraction of sp³-hybridized carbons (Fsp3) is 0.231. The number of hydroxylamine groups is 1. The second-order valence-electron chi connectivity index (χ2n) is 8.56. The largest absolute Gasteiger partial charge is 0.378 e. The summed E-state index contributed by atoms with van der Waals surface area (Å²) in [4.78, 5) is 36.6. The van der Waals surface area contributed by atoms with Crippen molar-refractivity contribution in [2.75, 3.05) is 29.0 Å². The fourth-order valence-electron chi connectivity index (χ4n) is 4.61. The van der Waals surface area contributed by atoms with Crippen LogP contribution in [-0.2, 0) is 14.4 Å². The van der Waals surface area contributed by atoms with Crippen molar-refractivity contribution in [2.45, 2.75) is 19.1 Å². The normalized spacial score (nSPS) is 22.1. The van der Waals surface area contributed by atoms with Crippen LogP contribution in [0.1, 0.15) is 17.2 Å². The van der Waals surface area contributed by atoms with Crippen LogP contribution >= 0.6 is 11.6 Å². The highest BCUT2D eigenvalue weighted by molar-refractivity contribution is 6.36. The predicted molar refractivity (Wildman–Crippen MR) is 129 cm³/mol. The van der Waals surface area contributed by atoms with Crippen LogP contribution in [0.4, 0.5) is 17.1 Å². The number of rotatable bonds is 4. The van der Waals surface area contributed by atoms with Crippen molar-refractivity contribution in [2.24, 2.45) is 5.92 Å². The van der Waals surface area contributed by atoms with Gasteiger partial charge in [-0.15, -0.1) is 0 Å². The van der Waals surface area contributed by atoms with Crippen LogP contribution in [-0.4, -0.2) is 32.0 Å². The van der Waals surface area contributed by atoms with E-state index in [0.717, 1.165) is 22.5 Å². The highest BCUT2D eigenvalue weighted by Gasteiger charge is 2.60. The van der Waals surface area contributed by atoms with Gasteiger partial charge < -0.3 is 4.90 Å². The minimum atomic E-state index is -0.924. The Morgan fingerprint density at radius 1 is 0.848 bits per heavy atom. The maximum absolute atomic E-state index is 13.7. The molecule has 7 heteroatoms. The summed E-state index contributed by atoms with van der Waals surface area (Å²) in [5.41, 5.74) is 4.16. The van der Waals surface area contributed by atoms with E-state index in [4.69, 9.17) is 16.4 Å². The first kappa shape index (κ1) is 21.5. The summed E-state index contributed by atoms with van der Waals surface area (Å²) in [5, 5.41) is 2.08. The zero-order chi connectivity index (χ0) is 23.3. The Labute approximate surface area is 197 Å². The first-order valence-electron chi connectivity index (χ1n) is 10.8. The smallest absolute Gasteiger partial charge is 0.266 e. The molecule has 3 aromatic carbocycles. The molecule has 2 heterocycles. The Morgan fingerprint density at radius 2 is 1.48 bits per heavy atom. The molecule has 2 aliphatic rings. The lowest BCUT2D eigenvalue weighted by molar-refractivity contribution is -0.126. The van der Waals surface area contributed by atoms with E-state index in [1.54, 1.807) is 29.3 Å². The molecule has 33 heavy (non-hydrogen) atoms. The number of hydrogen-bond acceptors (Lipinski definition) is 5. The van der Waals surface area contributed by atoms with E-state index in [9.17, 15) is 9.59 Å². The molecule has 0 saturated carbocycles. The van der Waals surface area contributed by atoms with Gasteiger partial charge in [0.15, 0.2) is 6.10 Å². The molecule has 0 aromatic heterocycles. The number of hydrogen-bond donors (Lipinski definition) is 0. The highest BCUT2D eigenvalue weighted by atomic mass is 35.5. The van der Waals surface area contributed by atoms with Crippen molar-refractivity contribution in [3.8, 4) is 0 Å². The molecular formula is C26H24ClN3O3. The Balaban J connectivity index is 1.60. The number of amides is 2. The Bertz CT molecular complexity index is 1230. The van der Waals surface area contributed by atoms with Gasteiger partial charge in [-0.2, -0.15) is 0 Å². The van der Waals surface area contributed by atoms with Gasteiger partial charge >= 0.3 is 0 Å². The molecule has 3 aromatic rings. The molecule has 5 rings (SSSR count). The summed E-state index contributed by atoms with van der Waals surface area (Å²) in [5.74, 6) is -1.40. The molecule has 0 N–H and O–H groups in total. The van der Waals surface area contributed by atoms with Gasteiger partial charge in [0.2, 0.25) is 5.91 Å². The molecule has 2 aliphatic heterocycles. The van der Waals surface area contributed by atoms with Crippen molar-refractivity contribution >= 4 is 40.5 Å². The van der Waals surface area contributed by atoms with E-state index in [1.807, 2.05) is 74.4 Å². The maximum Gasteiger partial charge on any atom is 0.266 e. The fourth-order valence-corrected chi connectivity index (χ4v) is 4.83. The van der Waals surface area contributed by atoms with Crippen LogP contribution in [0.2, 0.25) is 5.02 Å². The lowest BCUT2D eigenvalue weighted by atomic mass is 9.90. The molecule has 2 fully saturated rings. The number of halogens is 1. The summed E-state index contributed by atoms with van der Waals surface area (Å²) in [7, 11) is 3.95. The van der Waals surface area contributed by atoms with Crippen LogP contribution in [0.3, 0.4) is 0 Å². The van der Waals surface area contributed by atoms with Crippen LogP contribution < -0.4 is 14.9 Å². The lowest BCUT2D eigenvalue weighted by Crippen LogP contribution is -2.37. The van der Waals surface area contributed by atoms with Crippen molar-refractivity contribution in [3.63, 3.8) is 0 Å². The quantitative estimate of drug-likeness (QED) is 0.524. The van der Waals surface area contributed by atoms with Crippen molar-refractivity contribution in [1.29, 1.82) is 0 Å². The molecule has 2 amide bonds. The molecule has 6 nitrogen and oxygen atoms in total. The number of imide groups is 1. The minimum absolute atomic E-state index is 0.309. The molecule has 2 saturated heterocycles. The number of aryl methyl sites for hydroxylation is 1. The average Bonchev–Trinajstić information content (AvgIpc) is 3.31. The van der Waals surface area contributed by atoms with Gasteiger partial charge in [-0.05, 0) is 48.4 Å². The third kappa shape index (κ3) is 3.46.